The highest BCUT2D eigenvalue weighted by atomic mass is 32.2. The van der Waals surface area contributed by atoms with Crippen LogP contribution in [-0.4, -0.2) is 12.5 Å². The molecule has 0 spiro atoms. The van der Waals surface area contributed by atoms with Gasteiger partial charge in [-0.05, 0) is 35.6 Å². The van der Waals surface area contributed by atoms with Crippen LogP contribution >= 0.6 is 10.9 Å². The fourth-order valence-electron chi connectivity index (χ4n) is 1.13. The molecule has 0 aliphatic heterocycles. The van der Waals surface area contributed by atoms with Crippen LogP contribution in [0.1, 0.15) is 5.56 Å². The maximum Gasteiger partial charge on any atom is 0.417 e. The van der Waals surface area contributed by atoms with E-state index in [4.69, 9.17) is 0 Å². The number of hydrogen-bond acceptors (Lipinski definition) is 0. The summed E-state index contributed by atoms with van der Waals surface area (Å²) in [5, 5.41) is 0. The molecule has 0 saturated heterocycles. The minimum Gasteiger partial charge on any atom is -0.232 e. The molecule has 1 aromatic rings. The molecule has 0 amide bonds. The van der Waals surface area contributed by atoms with Crippen molar-refractivity contribution in [1.29, 1.82) is 0 Å². The van der Waals surface area contributed by atoms with Crippen molar-refractivity contribution >= 4 is 10.9 Å². The highest BCUT2D eigenvalue weighted by molar-refractivity contribution is 8.15. The van der Waals surface area contributed by atoms with Gasteiger partial charge in [0.1, 0.15) is 5.82 Å². The van der Waals surface area contributed by atoms with Crippen LogP contribution in [-0.2, 0) is 6.18 Å². The van der Waals surface area contributed by atoms with E-state index in [0.717, 1.165) is 6.07 Å². The standard InChI is InChI=1S/C9H10F4S/c1-14(2)8-4-3-6(10)5-7(8)9(11,12)13/h3-5,14H,1-2H3. The molecule has 0 saturated carbocycles. The van der Waals surface area contributed by atoms with Gasteiger partial charge in [0.2, 0.25) is 0 Å². The summed E-state index contributed by atoms with van der Waals surface area (Å²) in [6.07, 6.45) is -1.06. The van der Waals surface area contributed by atoms with Gasteiger partial charge < -0.3 is 0 Å². The predicted octanol–water partition coefficient (Wildman–Crippen LogP) is 3.46. The Morgan fingerprint density at radius 2 is 1.71 bits per heavy atom. The Morgan fingerprint density at radius 1 is 1.14 bits per heavy atom. The van der Waals surface area contributed by atoms with Crippen molar-refractivity contribution in [3.05, 3.63) is 29.6 Å². The molecule has 0 bridgehead atoms. The smallest absolute Gasteiger partial charge is 0.232 e. The van der Waals surface area contributed by atoms with Crippen molar-refractivity contribution in [1.82, 2.24) is 0 Å². The number of thiol groups is 1. The zero-order valence-electron chi connectivity index (χ0n) is 7.69. The van der Waals surface area contributed by atoms with E-state index in [0.29, 0.717) is 6.07 Å². The van der Waals surface area contributed by atoms with Crippen LogP contribution in [0.2, 0.25) is 0 Å². The first-order chi connectivity index (χ1) is 6.32. The van der Waals surface area contributed by atoms with E-state index in [1.165, 1.54) is 6.07 Å². The summed E-state index contributed by atoms with van der Waals surface area (Å²) in [4.78, 5) is 0.189. The molecule has 0 heterocycles. The Hall–Kier alpha value is -0.710. The van der Waals surface area contributed by atoms with Gasteiger partial charge in [-0.15, -0.1) is 0 Å². The topological polar surface area (TPSA) is 0 Å². The zero-order chi connectivity index (χ0) is 10.9. The first kappa shape index (κ1) is 11.4. The highest BCUT2D eigenvalue weighted by Crippen LogP contribution is 2.40. The van der Waals surface area contributed by atoms with Gasteiger partial charge >= 0.3 is 6.18 Å². The van der Waals surface area contributed by atoms with Crippen LogP contribution in [0.5, 0.6) is 0 Å². The van der Waals surface area contributed by atoms with Gasteiger partial charge in [-0.2, -0.15) is 13.2 Å². The van der Waals surface area contributed by atoms with Gasteiger partial charge in [-0.3, -0.25) is 0 Å². The molecular formula is C9H10F4S. The molecule has 14 heavy (non-hydrogen) atoms. The van der Waals surface area contributed by atoms with Crippen molar-refractivity contribution < 1.29 is 17.6 Å². The molecule has 0 aliphatic carbocycles. The molecule has 0 atom stereocenters. The van der Waals surface area contributed by atoms with Crippen LogP contribution in [0.25, 0.3) is 0 Å². The van der Waals surface area contributed by atoms with Gasteiger partial charge in [0.15, 0.2) is 0 Å². The van der Waals surface area contributed by atoms with Crippen molar-refractivity contribution in [3.8, 4) is 0 Å². The summed E-state index contributed by atoms with van der Waals surface area (Å²) >= 11 is 0. The number of halogens is 4. The third-order valence-electron chi connectivity index (χ3n) is 1.75. The van der Waals surface area contributed by atoms with Crippen LogP contribution in [0.4, 0.5) is 17.6 Å². The molecule has 1 aromatic carbocycles. The summed E-state index contributed by atoms with van der Waals surface area (Å²) in [5.74, 6) is -0.849. The highest BCUT2D eigenvalue weighted by Gasteiger charge is 2.34. The molecule has 80 valence electrons. The lowest BCUT2D eigenvalue weighted by molar-refractivity contribution is -0.140. The van der Waals surface area contributed by atoms with Gasteiger partial charge in [0.25, 0.3) is 0 Å². The van der Waals surface area contributed by atoms with E-state index in [2.05, 4.69) is 0 Å². The fourth-order valence-corrected chi connectivity index (χ4v) is 2.17. The molecule has 0 N–H and O–H groups in total. The number of hydrogen-bond donors (Lipinski definition) is 1. The Balaban J connectivity index is 3.30. The summed E-state index contributed by atoms with van der Waals surface area (Å²) in [6, 6.07) is 2.83. The maximum absolute atomic E-state index is 12.6. The average molecular weight is 226 g/mol. The van der Waals surface area contributed by atoms with Crippen molar-refractivity contribution in [2.45, 2.75) is 11.1 Å². The molecule has 1 rings (SSSR count). The number of benzene rings is 1. The van der Waals surface area contributed by atoms with E-state index in [1.807, 2.05) is 0 Å². The van der Waals surface area contributed by atoms with E-state index in [9.17, 15) is 17.6 Å². The molecule has 0 unspecified atom stereocenters. The Bertz CT molecular complexity index is 330. The van der Waals surface area contributed by atoms with Crippen molar-refractivity contribution in [3.63, 3.8) is 0 Å². The van der Waals surface area contributed by atoms with Crippen LogP contribution in [0.3, 0.4) is 0 Å². The van der Waals surface area contributed by atoms with Gasteiger partial charge in [0, 0.05) is 0 Å². The summed E-state index contributed by atoms with van der Waals surface area (Å²) < 4.78 is 49.9. The molecule has 0 aromatic heterocycles. The second-order valence-corrected chi connectivity index (χ2v) is 5.32. The van der Waals surface area contributed by atoms with Crippen LogP contribution in [0.15, 0.2) is 23.1 Å². The van der Waals surface area contributed by atoms with E-state index in [-0.39, 0.29) is 4.90 Å². The predicted molar refractivity (Wildman–Crippen MR) is 50.5 cm³/mol. The minimum absolute atomic E-state index is 0.189. The fraction of sp³-hybridized carbons (Fsp3) is 0.333. The molecular weight excluding hydrogens is 216 g/mol. The average Bonchev–Trinajstić information content (AvgIpc) is 2.01. The van der Waals surface area contributed by atoms with Gasteiger partial charge in [0.05, 0.1) is 5.56 Å². The van der Waals surface area contributed by atoms with Crippen molar-refractivity contribution in [2.24, 2.45) is 0 Å². The molecule has 0 fully saturated rings. The molecule has 0 radical (unpaired) electrons. The minimum atomic E-state index is -4.47. The molecule has 0 aliphatic rings. The summed E-state index contributed by atoms with van der Waals surface area (Å²) in [5.41, 5.74) is -0.853. The Labute approximate surface area is 82.3 Å². The first-order valence-corrected chi connectivity index (χ1v) is 6.10. The summed E-state index contributed by atoms with van der Waals surface area (Å²) in [7, 11) is -0.880. The van der Waals surface area contributed by atoms with Gasteiger partial charge in [-0.1, -0.05) is 0 Å². The molecule has 5 heteroatoms. The van der Waals surface area contributed by atoms with E-state index >= 15 is 0 Å². The van der Waals surface area contributed by atoms with Gasteiger partial charge in [-0.25, -0.2) is 15.3 Å². The maximum atomic E-state index is 12.6. The third kappa shape index (κ3) is 2.41. The largest absolute Gasteiger partial charge is 0.417 e. The Kier molecular flexibility index (Phi) is 3.09. The third-order valence-corrected chi connectivity index (χ3v) is 3.10. The number of alkyl halides is 3. The Morgan fingerprint density at radius 3 is 2.14 bits per heavy atom. The zero-order valence-corrected chi connectivity index (χ0v) is 8.59. The lowest BCUT2D eigenvalue weighted by Gasteiger charge is -2.17. The second-order valence-electron chi connectivity index (χ2n) is 3.05. The first-order valence-electron chi connectivity index (χ1n) is 3.86. The van der Waals surface area contributed by atoms with E-state index < -0.39 is 28.5 Å². The SMILES string of the molecule is C[SH](C)c1ccc(F)cc1C(F)(F)F. The second kappa shape index (κ2) is 3.81. The van der Waals surface area contributed by atoms with Crippen LogP contribution in [0, 0.1) is 5.82 Å². The summed E-state index contributed by atoms with van der Waals surface area (Å²) in [6.45, 7) is 0. The van der Waals surface area contributed by atoms with Crippen molar-refractivity contribution in [2.75, 3.05) is 12.5 Å². The lowest BCUT2D eigenvalue weighted by Crippen LogP contribution is -2.08. The monoisotopic (exact) mass is 226 g/mol. The van der Waals surface area contributed by atoms with Crippen LogP contribution < -0.4 is 0 Å². The quantitative estimate of drug-likeness (QED) is 0.550. The lowest BCUT2D eigenvalue weighted by atomic mass is 10.2. The van der Waals surface area contributed by atoms with E-state index in [1.54, 1.807) is 12.5 Å². The number of rotatable bonds is 1. The molecule has 0 nitrogen and oxygen atoms in total. The normalized spacial score (nSPS) is 12.9.